The minimum atomic E-state index is -4.85. The molecule has 0 unspecified atom stereocenters. The molecular weight excluding hydrogens is 359 g/mol. The van der Waals surface area contributed by atoms with Crippen LogP contribution in [0, 0.1) is 17.2 Å². The van der Waals surface area contributed by atoms with Crippen molar-refractivity contribution >= 4 is 5.71 Å². The number of halogens is 3. The summed E-state index contributed by atoms with van der Waals surface area (Å²) < 4.78 is 46.1. The van der Waals surface area contributed by atoms with Crippen molar-refractivity contribution in [3.8, 4) is 23.1 Å². The summed E-state index contributed by atoms with van der Waals surface area (Å²) in [5.41, 5.74) is -2.57. The lowest BCUT2D eigenvalue weighted by atomic mass is 10.0. The number of nitrogens with zero attached hydrogens (tertiary/aromatic N) is 3. The number of rotatable bonds is 4. The van der Waals surface area contributed by atoms with E-state index in [0.717, 1.165) is 10.7 Å². The van der Waals surface area contributed by atoms with Gasteiger partial charge in [0.25, 0.3) is 5.56 Å². The maximum absolute atomic E-state index is 13.4. The van der Waals surface area contributed by atoms with Crippen LogP contribution in [-0.4, -0.2) is 17.5 Å². The highest BCUT2D eigenvalue weighted by Gasteiger charge is 2.36. The summed E-state index contributed by atoms with van der Waals surface area (Å²) in [7, 11) is 1.46. The Morgan fingerprint density at radius 1 is 1.26 bits per heavy atom. The van der Waals surface area contributed by atoms with Crippen LogP contribution in [-0.2, 0) is 6.18 Å². The first-order valence-electron chi connectivity index (χ1n) is 8.07. The quantitative estimate of drug-likeness (QED) is 0.747. The molecule has 0 aliphatic rings. The predicted molar refractivity (Wildman–Crippen MR) is 95.8 cm³/mol. The van der Waals surface area contributed by atoms with Crippen molar-refractivity contribution in [1.82, 2.24) is 4.68 Å². The summed E-state index contributed by atoms with van der Waals surface area (Å²) in [4.78, 5) is 12.7. The monoisotopic (exact) mass is 377 g/mol. The number of pyridine rings is 1. The number of methoxy groups -OCH3 is 1. The molecule has 1 aromatic carbocycles. The summed E-state index contributed by atoms with van der Waals surface area (Å²) in [5.74, 6) is 0.479. The molecule has 2 aromatic rings. The van der Waals surface area contributed by atoms with Crippen LogP contribution in [0.5, 0.6) is 5.75 Å². The Labute approximate surface area is 154 Å². The van der Waals surface area contributed by atoms with Gasteiger partial charge >= 0.3 is 6.18 Å². The van der Waals surface area contributed by atoms with Gasteiger partial charge in [0.1, 0.15) is 17.4 Å². The number of aromatic nitrogens is 1. The van der Waals surface area contributed by atoms with E-state index in [1.165, 1.54) is 25.3 Å². The Balaban J connectivity index is 2.90. The second-order valence-electron chi connectivity index (χ2n) is 6.17. The molecule has 0 saturated carbocycles. The van der Waals surface area contributed by atoms with E-state index in [1.54, 1.807) is 19.1 Å². The SMILES string of the molecule is COc1ccc(-c2cc(C(F)(F)F)c(C#N)c(=O)n2N=C(C)C(C)C)cc1. The highest BCUT2D eigenvalue weighted by molar-refractivity contribution is 5.84. The minimum absolute atomic E-state index is 0.0338. The average Bonchev–Trinajstić information content (AvgIpc) is 2.62. The lowest BCUT2D eigenvalue weighted by Crippen LogP contribution is -2.27. The van der Waals surface area contributed by atoms with Gasteiger partial charge in [-0.1, -0.05) is 13.8 Å². The molecule has 1 heterocycles. The Morgan fingerprint density at radius 2 is 1.85 bits per heavy atom. The fraction of sp³-hybridized carbons (Fsp3) is 0.316. The van der Waals surface area contributed by atoms with Crippen molar-refractivity contribution in [3.05, 3.63) is 51.8 Å². The van der Waals surface area contributed by atoms with Gasteiger partial charge in [0.2, 0.25) is 0 Å². The normalized spacial score (nSPS) is 12.2. The van der Waals surface area contributed by atoms with E-state index in [-0.39, 0.29) is 11.6 Å². The molecule has 142 valence electrons. The third-order valence-electron chi connectivity index (χ3n) is 4.08. The minimum Gasteiger partial charge on any atom is -0.497 e. The zero-order chi connectivity index (χ0) is 20.4. The van der Waals surface area contributed by atoms with Gasteiger partial charge in [-0.3, -0.25) is 4.79 Å². The maximum Gasteiger partial charge on any atom is 0.417 e. The van der Waals surface area contributed by atoms with Gasteiger partial charge in [0.05, 0.1) is 18.4 Å². The van der Waals surface area contributed by atoms with Crippen LogP contribution >= 0.6 is 0 Å². The van der Waals surface area contributed by atoms with Crippen LogP contribution < -0.4 is 10.3 Å². The molecule has 0 aliphatic carbocycles. The average molecular weight is 377 g/mol. The van der Waals surface area contributed by atoms with Gasteiger partial charge in [0, 0.05) is 11.3 Å². The molecule has 0 spiro atoms. The zero-order valence-corrected chi connectivity index (χ0v) is 15.3. The number of ether oxygens (including phenoxy) is 1. The summed E-state index contributed by atoms with van der Waals surface area (Å²) in [5, 5.41) is 13.3. The Bertz CT molecular complexity index is 966. The first-order chi connectivity index (χ1) is 12.6. The van der Waals surface area contributed by atoms with Gasteiger partial charge in [-0.15, -0.1) is 0 Å². The third kappa shape index (κ3) is 4.19. The molecule has 0 fully saturated rings. The van der Waals surface area contributed by atoms with Crippen LogP contribution in [0.25, 0.3) is 11.3 Å². The summed E-state index contributed by atoms with van der Waals surface area (Å²) >= 11 is 0. The van der Waals surface area contributed by atoms with Crippen molar-refractivity contribution in [3.63, 3.8) is 0 Å². The predicted octanol–water partition coefficient (Wildman–Crippen LogP) is 4.29. The molecule has 5 nitrogen and oxygen atoms in total. The fourth-order valence-electron chi connectivity index (χ4n) is 2.27. The van der Waals surface area contributed by atoms with Crippen LogP contribution in [0.4, 0.5) is 13.2 Å². The van der Waals surface area contributed by atoms with Gasteiger partial charge in [0.15, 0.2) is 0 Å². The van der Waals surface area contributed by atoms with Gasteiger partial charge in [-0.05, 0) is 43.2 Å². The number of hydrogen-bond acceptors (Lipinski definition) is 4. The van der Waals surface area contributed by atoms with Crippen LogP contribution in [0.2, 0.25) is 0 Å². The Hall–Kier alpha value is -3.08. The van der Waals surface area contributed by atoms with E-state index in [4.69, 9.17) is 10.00 Å². The zero-order valence-electron chi connectivity index (χ0n) is 15.3. The number of benzene rings is 1. The van der Waals surface area contributed by atoms with Crippen LogP contribution in [0.3, 0.4) is 0 Å². The van der Waals surface area contributed by atoms with E-state index in [1.807, 2.05) is 13.8 Å². The van der Waals surface area contributed by atoms with E-state index in [9.17, 15) is 18.0 Å². The van der Waals surface area contributed by atoms with Gasteiger partial charge in [-0.2, -0.15) is 28.2 Å². The topological polar surface area (TPSA) is 67.4 Å². The molecule has 0 aliphatic heterocycles. The molecule has 8 heteroatoms. The lowest BCUT2D eigenvalue weighted by molar-refractivity contribution is -0.137. The van der Waals surface area contributed by atoms with Crippen LogP contribution in [0.1, 0.15) is 31.9 Å². The molecule has 0 amide bonds. The molecule has 0 bridgehead atoms. The summed E-state index contributed by atoms with van der Waals surface area (Å²) in [6, 6.07) is 8.32. The molecule has 2 rings (SSSR count). The van der Waals surface area contributed by atoms with Crippen molar-refractivity contribution in [2.75, 3.05) is 7.11 Å². The molecule has 27 heavy (non-hydrogen) atoms. The Morgan fingerprint density at radius 3 is 2.30 bits per heavy atom. The van der Waals surface area contributed by atoms with Crippen LogP contribution in [0.15, 0.2) is 40.2 Å². The van der Waals surface area contributed by atoms with Crippen molar-refractivity contribution < 1.29 is 17.9 Å². The smallest absolute Gasteiger partial charge is 0.417 e. The first-order valence-corrected chi connectivity index (χ1v) is 8.07. The van der Waals surface area contributed by atoms with Crippen molar-refractivity contribution in [2.24, 2.45) is 11.0 Å². The lowest BCUT2D eigenvalue weighted by Gasteiger charge is -2.16. The number of hydrogen-bond donors (Lipinski definition) is 0. The number of alkyl halides is 3. The number of nitriles is 1. The largest absolute Gasteiger partial charge is 0.497 e. The molecular formula is C19H18F3N3O2. The summed E-state index contributed by atoms with van der Waals surface area (Å²) in [6.07, 6.45) is -4.85. The van der Waals surface area contributed by atoms with Crippen molar-refractivity contribution in [1.29, 1.82) is 5.26 Å². The molecule has 0 atom stereocenters. The summed E-state index contributed by atoms with van der Waals surface area (Å²) in [6.45, 7) is 5.34. The molecule has 0 N–H and O–H groups in total. The fourth-order valence-corrected chi connectivity index (χ4v) is 2.27. The first kappa shape index (κ1) is 20.2. The molecule has 0 saturated heterocycles. The van der Waals surface area contributed by atoms with Gasteiger partial charge in [-0.25, -0.2) is 0 Å². The van der Waals surface area contributed by atoms with E-state index in [2.05, 4.69) is 5.10 Å². The second kappa shape index (κ2) is 7.66. The Kier molecular flexibility index (Phi) is 5.74. The van der Waals surface area contributed by atoms with Gasteiger partial charge < -0.3 is 4.74 Å². The molecule has 1 aromatic heterocycles. The standard InChI is InChI=1S/C19H18F3N3O2/c1-11(2)12(3)24-25-17(13-5-7-14(27-4)8-6-13)9-16(19(20,21)22)15(10-23)18(25)26/h5-9,11H,1-4H3. The van der Waals surface area contributed by atoms with E-state index >= 15 is 0 Å². The van der Waals surface area contributed by atoms with E-state index < -0.39 is 22.9 Å². The second-order valence-corrected chi connectivity index (χ2v) is 6.17. The maximum atomic E-state index is 13.4. The third-order valence-corrected chi connectivity index (χ3v) is 4.08. The van der Waals surface area contributed by atoms with Crippen molar-refractivity contribution in [2.45, 2.75) is 26.9 Å². The molecule has 0 radical (unpaired) electrons. The highest BCUT2D eigenvalue weighted by atomic mass is 19.4. The van der Waals surface area contributed by atoms with E-state index in [0.29, 0.717) is 17.0 Å². The highest BCUT2D eigenvalue weighted by Crippen LogP contribution is 2.34.